The van der Waals surface area contributed by atoms with E-state index in [1.165, 1.54) is 42.5 Å². The van der Waals surface area contributed by atoms with Gasteiger partial charge in [-0.2, -0.15) is 0 Å². The van der Waals surface area contributed by atoms with Crippen LogP contribution in [0, 0.1) is 5.82 Å². The number of halogens is 2. The number of carbonyl (C=O) groups is 1. The molecule has 0 unspecified atom stereocenters. The highest BCUT2D eigenvalue weighted by Crippen LogP contribution is 2.20. The molecule has 0 fully saturated rings. The Balaban J connectivity index is 2.09. The van der Waals surface area contributed by atoms with Crippen LogP contribution in [-0.2, 0) is 11.3 Å². The Bertz CT molecular complexity index is 593. The van der Waals surface area contributed by atoms with Gasteiger partial charge in [-0.1, -0.05) is 23.7 Å². The molecule has 0 aliphatic heterocycles. The minimum Gasteiger partial charge on any atom is -0.508 e. The fraction of sp³-hybridized carbons (Fsp3) is 0.0714. The van der Waals surface area contributed by atoms with Crippen molar-refractivity contribution >= 4 is 17.6 Å². The van der Waals surface area contributed by atoms with E-state index < -0.39 is 11.8 Å². The maximum Gasteiger partial charge on any atom is 0.338 e. The molecule has 0 aromatic heterocycles. The number of phenolic OH excluding ortho intramolecular Hbond substituents is 1. The minimum absolute atomic E-state index is 0.0432. The summed E-state index contributed by atoms with van der Waals surface area (Å²) < 4.78 is 18.4. The van der Waals surface area contributed by atoms with E-state index in [4.69, 9.17) is 16.3 Å². The zero-order valence-electron chi connectivity index (χ0n) is 9.77. The molecule has 98 valence electrons. The van der Waals surface area contributed by atoms with Gasteiger partial charge in [0.25, 0.3) is 0 Å². The fourth-order valence-corrected chi connectivity index (χ4v) is 1.74. The van der Waals surface area contributed by atoms with Crippen molar-refractivity contribution in [1.29, 1.82) is 0 Å². The van der Waals surface area contributed by atoms with Crippen LogP contribution in [0.3, 0.4) is 0 Å². The smallest absolute Gasteiger partial charge is 0.338 e. The summed E-state index contributed by atoms with van der Waals surface area (Å²) in [4.78, 5) is 11.7. The van der Waals surface area contributed by atoms with Gasteiger partial charge in [-0.05, 0) is 30.3 Å². The molecule has 0 bridgehead atoms. The second-order valence-corrected chi connectivity index (χ2v) is 4.23. The highest BCUT2D eigenvalue weighted by Gasteiger charge is 2.12. The van der Waals surface area contributed by atoms with Crippen LogP contribution in [-0.4, -0.2) is 11.1 Å². The lowest BCUT2D eigenvalue weighted by Crippen LogP contribution is -2.06. The standard InChI is InChI=1S/C14H10ClFO3/c15-12-5-2-6-13(16)11(12)8-19-14(18)9-3-1-4-10(17)7-9/h1-7,17H,8H2. The summed E-state index contributed by atoms with van der Waals surface area (Å²) in [7, 11) is 0. The van der Waals surface area contributed by atoms with E-state index in [2.05, 4.69) is 0 Å². The van der Waals surface area contributed by atoms with Crippen LogP contribution in [0.5, 0.6) is 5.75 Å². The molecular weight excluding hydrogens is 271 g/mol. The Morgan fingerprint density at radius 2 is 2.00 bits per heavy atom. The van der Waals surface area contributed by atoms with Crippen LogP contribution in [0.4, 0.5) is 4.39 Å². The maximum atomic E-state index is 13.5. The minimum atomic E-state index is -0.657. The molecule has 0 aliphatic carbocycles. The first-order chi connectivity index (χ1) is 9.08. The van der Waals surface area contributed by atoms with E-state index in [0.29, 0.717) is 0 Å². The molecule has 0 radical (unpaired) electrons. The molecule has 0 spiro atoms. The molecule has 0 amide bonds. The van der Waals surface area contributed by atoms with E-state index in [0.717, 1.165) is 0 Å². The maximum absolute atomic E-state index is 13.5. The zero-order valence-corrected chi connectivity index (χ0v) is 10.5. The predicted octanol–water partition coefficient (Wildman–Crippen LogP) is 3.54. The van der Waals surface area contributed by atoms with E-state index in [1.807, 2.05) is 0 Å². The van der Waals surface area contributed by atoms with Crippen molar-refractivity contribution in [3.05, 3.63) is 64.4 Å². The summed E-state index contributed by atoms with van der Waals surface area (Å²) in [6, 6.07) is 9.94. The van der Waals surface area contributed by atoms with Gasteiger partial charge in [-0.3, -0.25) is 0 Å². The summed E-state index contributed by atoms with van der Waals surface area (Å²) in [5.74, 6) is -1.23. The first-order valence-electron chi connectivity index (χ1n) is 5.47. The molecule has 19 heavy (non-hydrogen) atoms. The number of rotatable bonds is 3. The Labute approximate surface area is 114 Å². The van der Waals surface area contributed by atoms with Crippen LogP contribution in [0.15, 0.2) is 42.5 Å². The Kier molecular flexibility index (Phi) is 4.02. The number of esters is 1. The number of hydrogen-bond donors (Lipinski definition) is 1. The third kappa shape index (κ3) is 3.23. The van der Waals surface area contributed by atoms with Gasteiger partial charge in [0.05, 0.1) is 10.6 Å². The van der Waals surface area contributed by atoms with Crippen LogP contribution < -0.4 is 0 Å². The average molecular weight is 281 g/mol. The largest absolute Gasteiger partial charge is 0.508 e. The van der Waals surface area contributed by atoms with E-state index >= 15 is 0 Å². The van der Waals surface area contributed by atoms with Crippen molar-refractivity contribution in [2.24, 2.45) is 0 Å². The van der Waals surface area contributed by atoms with Crippen molar-refractivity contribution in [1.82, 2.24) is 0 Å². The van der Waals surface area contributed by atoms with Gasteiger partial charge in [0.1, 0.15) is 18.2 Å². The Morgan fingerprint density at radius 3 is 2.68 bits per heavy atom. The van der Waals surface area contributed by atoms with Gasteiger partial charge >= 0.3 is 5.97 Å². The first kappa shape index (κ1) is 13.4. The number of carbonyl (C=O) groups excluding carboxylic acids is 1. The van der Waals surface area contributed by atoms with Crippen molar-refractivity contribution in [3.63, 3.8) is 0 Å². The second kappa shape index (κ2) is 5.71. The van der Waals surface area contributed by atoms with Crippen LogP contribution in [0.1, 0.15) is 15.9 Å². The number of ether oxygens (including phenoxy) is 1. The molecular formula is C14H10ClFO3. The summed E-state index contributed by atoms with van der Waals surface area (Å²) in [6.45, 7) is -0.264. The summed E-state index contributed by atoms with van der Waals surface area (Å²) in [6.07, 6.45) is 0. The Hall–Kier alpha value is -2.07. The monoisotopic (exact) mass is 280 g/mol. The third-order valence-corrected chi connectivity index (χ3v) is 2.85. The van der Waals surface area contributed by atoms with Crippen LogP contribution in [0.2, 0.25) is 5.02 Å². The number of aromatic hydroxyl groups is 1. The van der Waals surface area contributed by atoms with Crippen molar-refractivity contribution < 1.29 is 19.0 Å². The summed E-state index contributed by atoms with van der Waals surface area (Å²) >= 11 is 5.81. The molecule has 2 aromatic rings. The van der Waals surface area contributed by atoms with Gasteiger partial charge in [-0.15, -0.1) is 0 Å². The lowest BCUT2D eigenvalue weighted by atomic mass is 10.2. The molecule has 5 heteroatoms. The Morgan fingerprint density at radius 1 is 1.26 bits per heavy atom. The van der Waals surface area contributed by atoms with E-state index in [1.54, 1.807) is 0 Å². The molecule has 2 aromatic carbocycles. The van der Waals surface area contributed by atoms with Crippen molar-refractivity contribution in [2.75, 3.05) is 0 Å². The lowest BCUT2D eigenvalue weighted by molar-refractivity contribution is 0.0468. The van der Waals surface area contributed by atoms with Gasteiger partial charge in [0, 0.05) is 5.56 Å². The highest BCUT2D eigenvalue weighted by molar-refractivity contribution is 6.31. The van der Waals surface area contributed by atoms with E-state index in [9.17, 15) is 14.3 Å². The molecule has 0 saturated heterocycles. The SMILES string of the molecule is O=C(OCc1c(F)cccc1Cl)c1cccc(O)c1. The molecule has 0 saturated carbocycles. The molecule has 3 nitrogen and oxygen atoms in total. The van der Waals surface area contributed by atoms with Gasteiger partial charge in [-0.25, -0.2) is 9.18 Å². The quantitative estimate of drug-likeness (QED) is 0.875. The summed E-state index contributed by atoms with van der Waals surface area (Å²) in [5.41, 5.74) is 0.310. The zero-order chi connectivity index (χ0) is 13.8. The molecule has 1 N–H and O–H groups in total. The van der Waals surface area contributed by atoms with Crippen LogP contribution >= 0.6 is 11.6 Å². The topological polar surface area (TPSA) is 46.5 Å². The highest BCUT2D eigenvalue weighted by atomic mass is 35.5. The average Bonchev–Trinajstić information content (AvgIpc) is 2.38. The molecule has 2 rings (SSSR count). The van der Waals surface area contributed by atoms with Gasteiger partial charge in [0.2, 0.25) is 0 Å². The summed E-state index contributed by atoms with van der Waals surface area (Å²) in [5, 5.41) is 9.44. The van der Waals surface area contributed by atoms with Gasteiger partial charge in [0.15, 0.2) is 0 Å². The lowest BCUT2D eigenvalue weighted by Gasteiger charge is -2.07. The number of benzene rings is 2. The van der Waals surface area contributed by atoms with Crippen LogP contribution in [0.25, 0.3) is 0 Å². The van der Waals surface area contributed by atoms with Crippen molar-refractivity contribution in [2.45, 2.75) is 6.61 Å². The number of phenols is 1. The fourth-order valence-electron chi connectivity index (χ4n) is 1.52. The van der Waals surface area contributed by atoms with Crippen molar-refractivity contribution in [3.8, 4) is 5.75 Å². The molecule has 0 heterocycles. The molecule has 0 aliphatic rings. The van der Waals surface area contributed by atoms with Gasteiger partial charge < -0.3 is 9.84 Å². The van der Waals surface area contributed by atoms with E-state index in [-0.39, 0.29) is 28.5 Å². The number of hydrogen-bond acceptors (Lipinski definition) is 3. The first-order valence-corrected chi connectivity index (χ1v) is 5.85. The third-order valence-electron chi connectivity index (χ3n) is 2.49. The normalized spacial score (nSPS) is 10.2. The molecule has 0 atom stereocenters. The second-order valence-electron chi connectivity index (χ2n) is 3.83. The predicted molar refractivity (Wildman–Crippen MR) is 68.6 cm³/mol.